The van der Waals surface area contributed by atoms with Crippen molar-refractivity contribution in [3.63, 3.8) is 0 Å². The topological polar surface area (TPSA) is 74.7 Å². The summed E-state index contributed by atoms with van der Waals surface area (Å²) in [5.41, 5.74) is 7.61. The number of aromatic nitrogens is 1. The number of rotatable bonds is 3. The zero-order valence-corrected chi connectivity index (χ0v) is 8.04. The molecule has 1 aromatic heterocycles. The molecule has 0 unspecified atom stereocenters. The fraction of sp³-hybridized carbons (Fsp3) is 0.200. The molecular weight excluding hydrogens is 176 g/mol. The number of hydrogen-bond acceptors (Lipinski definition) is 4. The van der Waals surface area contributed by atoms with Crippen molar-refractivity contribution in [2.24, 2.45) is 0 Å². The van der Waals surface area contributed by atoms with E-state index in [4.69, 9.17) is 11.0 Å². The minimum atomic E-state index is 0.461. The maximum Gasteiger partial charge on any atom is 0.149 e. The predicted molar refractivity (Wildman–Crippen MR) is 56.7 cm³/mol. The summed E-state index contributed by atoms with van der Waals surface area (Å²) in [5, 5.41) is 11.6. The van der Waals surface area contributed by atoms with Gasteiger partial charge in [-0.25, -0.2) is 4.98 Å². The molecule has 0 bridgehead atoms. The van der Waals surface area contributed by atoms with Crippen LogP contribution < -0.4 is 11.1 Å². The largest absolute Gasteiger partial charge is 0.396 e. The van der Waals surface area contributed by atoms with Crippen LogP contribution >= 0.6 is 0 Å². The van der Waals surface area contributed by atoms with Gasteiger partial charge in [-0.05, 0) is 13.0 Å². The Balaban J connectivity index is 2.80. The Bertz CT molecular complexity index is 390. The van der Waals surface area contributed by atoms with Crippen LogP contribution in [0.25, 0.3) is 0 Å². The van der Waals surface area contributed by atoms with Crippen molar-refractivity contribution < 1.29 is 0 Å². The van der Waals surface area contributed by atoms with Gasteiger partial charge in [-0.1, -0.05) is 12.2 Å². The molecule has 1 aromatic rings. The zero-order valence-electron chi connectivity index (χ0n) is 8.04. The van der Waals surface area contributed by atoms with Gasteiger partial charge in [0.2, 0.25) is 0 Å². The first-order chi connectivity index (χ1) is 6.63. The maximum atomic E-state index is 8.59. The molecule has 1 heterocycles. The number of pyridine rings is 1. The van der Waals surface area contributed by atoms with Crippen molar-refractivity contribution in [2.75, 3.05) is 17.6 Å². The van der Waals surface area contributed by atoms with E-state index in [2.05, 4.69) is 16.9 Å². The molecule has 0 atom stereocenters. The van der Waals surface area contributed by atoms with E-state index in [0.717, 1.165) is 5.57 Å². The predicted octanol–water partition coefficient (Wildman–Crippen LogP) is 1.52. The summed E-state index contributed by atoms with van der Waals surface area (Å²) in [6.45, 7) is 6.29. The number of nitrogens with one attached hydrogen (secondary N) is 1. The van der Waals surface area contributed by atoms with Crippen LogP contribution in [0, 0.1) is 11.3 Å². The Labute approximate surface area is 83.1 Å². The van der Waals surface area contributed by atoms with Crippen LogP contribution in [-0.2, 0) is 0 Å². The van der Waals surface area contributed by atoms with Gasteiger partial charge in [-0.15, -0.1) is 0 Å². The number of nitrogens with two attached hydrogens (primary N) is 1. The third-order valence-corrected chi connectivity index (χ3v) is 1.60. The standard InChI is InChI=1S/C10H12N4/c1-7(2)5-13-10-9(12)3-8(4-11)6-14-10/h3,6H,1,5,12H2,2H3,(H,13,14). The molecule has 4 heteroatoms. The van der Waals surface area contributed by atoms with E-state index in [1.807, 2.05) is 13.0 Å². The summed E-state index contributed by atoms with van der Waals surface area (Å²) in [5.74, 6) is 0.590. The highest BCUT2D eigenvalue weighted by Gasteiger charge is 2.00. The SMILES string of the molecule is C=C(C)CNc1ncc(C#N)cc1N. The van der Waals surface area contributed by atoms with Gasteiger partial charge in [0.1, 0.15) is 11.9 Å². The average molecular weight is 188 g/mol. The Morgan fingerprint density at radius 1 is 1.79 bits per heavy atom. The lowest BCUT2D eigenvalue weighted by Gasteiger charge is -2.07. The lowest BCUT2D eigenvalue weighted by molar-refractivity contribution is 1.17. The molecule has 3 N–H and O–H groups in total. The van der Waals surface area contributed by atoms with E-state index in [9.17, 15) is 0 Å². The lowest BCUT2D eigenvalue weighted by atomic mass is 10.2. The molecule has 0 aliphatic rings. The first kappa shape index (κ1) is 10.1. The maximum absolute atomic E-state index is 8.59. The monoisotopic (exact) mass is 188 g/mol. The number of nitrogens with zero attached hydrogens (tertiary/aromatic N) is 2. The van der Waals surface area contributed by atoms with Crippen molar-refractivity contribution >= 4 is 11.5 Å². The van der Waals surface area contributed by atoms with Gasteiger partial charge in [-0.2, -0.15) is 5.26 Å². The molecule has 0 aliphatic heterocycles. The van der Waals surface area contributed by atoms with Crippen LogP contribution in [0.15, 0.2) is 24.4 Å². The van der Waals surface area contributed by atoms with Crippen LogP contribution in [-0.4, -0.2) is 11.5 Å². The van der Waals surface area contributed by atoms with Crippen LogP contribution in [0.2, 0.25) is 0 Å². The first-order valence-corrected chi connectivity index (χ1v) is 4.17. The molecule has 1 rings (SSSR count). The number of anilines is 2. The lowest BCUT2D eigenvalue weighted by Crippen LogP contribution is -2.06. The molecule has 4 nitrogen and oxygen atoms in total. The second kappa shape index (κ2) is 4.28. The number of hydrogen-bond donors (Lipinski definition) is 2. The van der Waals surface area contributed by atoms with Crippen molar-refractivity contribution in [3.8, 4) is 6.07 Å². The molecule has 0 fully saturated rings. The van der Waals surface area contributed by atoms with Gasteiger partial charge in [-0.3, -0.25) is 0 Å². The Morgan fingerprint density at radius 2 is 2.50 bits per heavy atom. The summed E-state index contributed by atoms with van der Waals surface area (Å²) in [7, 11) is 0. The Hall–Kier alpha value is -2.02. The van der Waals surface area contributed by atoms with Crippen LogP contribution in [0.4, 0.5) is 11.5 Å². The van der Waals surface area contributed by atoms with Gasteiger partial charge in [0.25, 0.3) is 0 Å². The molecule has 0 spiro atoms. The van der Waals surface area contributed by atoms with Crippen LogP contribution in [0.3, 0.4) is 0 Å². The van der Waals surface area contributed by atoms with E-state index in [0.29, 0.717) is 23.6 Å². The molecule has 0 amide bonds. The van der Waals surface area contributed by atoms with Gasteiger partial charge >= 0.3 is 0 Å². The summed E-state index contributed by atoms with van der Waals surface area (Å²) in [4.78, 5) is 4.02. The summed E-state index contributed by atoms with van der Waals surface area (Å²) in [6, 6.07) is 3.56. The Morgan fingerprint density at radius 3 is 3.00 bits per heavy atom. The molecule has 72 valence electrons. The van der Waals surface area contributed by atoms with Gasteiger partial charge in [0.15, 0.2) is 0 Å². The molecular formula is C10H12N4. The van der Waals surface area contributed by atoms with Gasteiger partial charge < -0.3 is 11.1 Å². The van der Waals surface area contributed by atoms with Crippen molar-refractivity contribution in [2.45, 2.75) is 6.92 Å². The minimum absolute atomic E-state index is 0.461. The van der Waals surface area contributed by atoms with Crippen LogP contribution in [0.1, 0.15) is 12.5 Å². The molecule has 0 aromatic carbocycles. The summed E-state index contributed by atoms with van der Waals surface area (Å²) >= 11 is 0. The van der Waals surface area contributed by atoms with Crippen molar-refractivity contribution in [3.05, 3.63) is 30.0 Å². The normalized spacial score (nSPS) is 9.14. The molecule has 0 saturated heterocycles. The fourth-order valence-corrected chi connectivity index (χ4v) is 0.925. The van der Waals surface area contributed by atoms with Gasteiger partial charge in [0, 0.05) is 12.7 Å². The summed E-state index contributed by atoms with van der Waals surface area (Å²) in [6.07, 6.45) is 1.48. The van der Waals surface area contributed by atoms with Gasteiger partial charge in [0.05, 0.1) is 11.3 Å². The van der Waals surface area contributed by atoms with Crippen molar-refractivity contribution in [1.82, 2.24) is 4.98 Å². The highest BCUT2D eigenvalue weighted by Crippen LogP contribution is 2.15. The minimum Gasteiger partial charge on any atom is -0.396 e. The van der Waals surface area contributed by atoms with E-state index < -0.39 is 0 Å². The third-order valence-electron chi connectivity index (χ3n) is 1.60. The van der Waals surface area contributed by atoms with Crippen LogP contribution in [0.5, 0.6) is 0 Å². The molecule has 14 heavy (non-hydrogen) atoms. The number of nitrogen functional groups attached to an aromatic ring is 1. The van der Waals surface area contributed by atoms with Crippen molar-refractivity contribution in [1.29, 1.82) is 5.26 Å². The highest BCUT2D eigenvalue weighted by molar-refractivity contribution is 5.63. The van der Waals surface area contributed by atoms with E-state index >= 15 is 0 Å². The van der Waals surface area contributed by atoms with E-state index in [-0.39, 0.29) is 0 Å². The fourth-order valence-electron chi connectivity index (χ4n) is 0.925. The highest BCUT2D eigenvalue weighted by atomic mass is 15.0. The third kappa shape index (κ3) is 2.49. The smallest absolute Gasteiger partial charge is 0.149 e. The zero-order chi connectivity index (χ0) is 10.6. The number of nitriles is 1. The van der Waals surface area contributed by atoms with E-state index in [1.165, 1.54) is 6.20 Å². The molecule has 0 aliphatic carbocycles. The second-order valence-corrected chi connectivity index (χ2v) is 3.08. The Kier molecular flexibility index (Phi) is 3.08. The summed E-state index contributed by atoms with van der Waals surface area (Å²) < 4.78 is 0. The second-order valence-electron chi connectivity index (χ2n) is 3.08. The molecule has 0 saturated carbocycles. The average Bonchev–Trinajstić information content (AvgIpc) is 2.15. The first-order valence-electron chi connectivity index (χ1n) is 4.17. The quantitative estimate of drug-likeness (QED) is 0.705. The molecule has 0 radical (unpaired) electrons. The van der Waals surface area contributed by atoms with E-state index in [1.54, 1.807) is 6.07 Å².